The van der Waals surface area contributed by atoms with Crippen LogP contribution >= 0.6 is 0 Å². The molecule has 0 heterocycles. The van der Waals surface area contributed by atoms with Crippen LogP contribution in [0.4, 0.5) is 5.69 Å². The van der Waals surface area contributed by atoms with Gasteiger partial charge >= 0.3 is 0 Å². The number of rotatable bonds is 5. The van der Waals surface area contributed by atoms with Gasteiger partial charge in [0, 0.05) is 18.8 Å². The molecule has 0 radical (unpaired) electrons. The molecule has 3 N–H and O–H groups in total. The predicted octanol–water partition coefficient (Wildman–Crippen LogP) is 0.659. The highest BCUT2D eigenvalue weighted by atomic mass is 32.2. The van der Waals surface area contributed by atoms with E-state index in [2.05, 4.69) is 4.72 Å². The van der Waals surface area contributed by atoms with Gasteiger partial charge in [-0.1, -0.05) is 0 Å². The zero-order valence-corrected chi connectivity index (χ0v) is 12.1. The second-order valence-electron chi connectivity index (χ2n) is 3.94. The maximum atomic E-state index is 12.3. The smallest absolute Gasteiger partial charge is 0.255 e. The van der Waals surface area contributed by atoms with Crippen molar-refractivity contribution in [1.82, 2.24) is 9.62 Å². The van der Waals surface area contributed by atoms with Gasteiger partial charge in [-0.25, -0.2) is 13.1 Å². The molecule has 0 aliphatic rings. The third kappa shape index (κ3) is 3.24. The molecule has 0 unspecified atom stereocenters. The van der Waals surface area contributed by atoms with E-state index < -0.39 is 10.0 Å². The summed E-state index contributed by atoms with van der Waals surface area (Å²) in [4.78, 5) is 13.8. The zero-order chi connectivity index (χ0) is 14.6. The number of carbonyl (C=O) groups excluding carboxylic acids is 1. The Labute approximate surface area is 113 Å². The van der Waals surface area contributed by atoms with Gasteiger partial charge in [-0.3, -0.25) is 4.79 Å². The van der Waals surface area contributed by atoms with E-state index in [1.54, 1.807) is 4.90 Å². The summed E-state index contributed by atoms with van der Waals surface area (Å²) in [5, 5.41) is 0. The fraction of sp³-hybridized carbons (Fsp3) is 0.417. The summed E-state index contributed by atoms with van der Waals surface area (Å²) >= 11 is 0. The van der Waals surface area contributed by atoms with Crippen LogP contribution in [0.2, 0.25) is 0 Å². The summed E-state index contributed by atoms with van der Waals surface area (Å²) in [5.74, 6) is -0.321. The molecule has 0 fully saturated rings. The van der Waals surface area contributed by atoms with Crippen LogP contribution in [0.5, 0.6) is 0 Å². The van der Waals surface area contributed by atoms with Gasteiger partial charge in [-0.05, 0) is 39.1 Å². The fourth-order valence-electron chi connectivity index (χ4n) is 1.73. The summed E-state index contributed by atoms with van der Waals surface area (Å²) < 4.78 is 26.1. The Morgan fingerprint density at radius 2 is 1.89 bits per heavy atom. The van der Waals surface area contributed by atoms with E-state index in [1.807, 2.05) is 13.8 Å². The van der Waals surface area contributed by atoms with E-state index in [1.165, 1.54) is 25.2 Å². The van der Waals surface area contributed by atoms with Crippen molar-refractivity contribution < 1.29 is 13.2 Å². The molecule has 1 amide bonds. The summed E-state index contributed by atoms with van der Waals surface area (Å²) in [6.07, 6.45) is 0. The largest absolute Gasteiger partial charge is 0.399 e. The van der Waals surface area contributed by atoms with Crippen LogP contribution in [0.15, 0.2) is 23.1 Å². The second kappa shape index (κ2) is 6.03. The third-order valence-electron chi connectivity index (χ3n) is 2.84. The molecule has 0 aliphatic carbocycles. The van der Waals surface area contributed by atoms with E-state index in [4.69, 9.17) is 5.73 Å². The first-order valence-electron chi connectivity index (χ1n) is 5.99. The number of nitrogens with one attached hydrogen (secondary N) is 1. The van der Waals surface area contributed by atoms with Crippen molar-refractivity contribution in [1.29, 1.82) is 0 Å². The molecule has 1 rings (SSSR count). The predicted molar refractivity (Wildman–Crippen MR) is 74.4 cm³/mol. The van der Waals surface area contributed by atoms with Gasteiger partial charge in [0.25, 0.3) is 5.91 Å². The number of hydrogen-bond acceptors (Lipinski definition) is 4. The van der Waals surface area contributed by atoms with Crippen molar-refractivity contribution in [3.8, 4) is 0 Å². The number of anilines is 1. The second-order valence-corrected chi connectivity index (χ2v) is 5.80. The lowest BCUT2D eigenvalue weighted by Gasteiger charge is -2.20. The van der Waals surface area contributed by atoms with Gasteiger partial charge in [-0.15, -0.1) is 0 Å². The van der Waals surface area contributed by atoms with E-state index >= 15 is 0 Å². The topological polar surface area (TPSA) is 92.5 Å². The van der Waals surface area contributed by atoms with Gasteiger partial charge in [0.1, 0.15) is 0 Å². The maximum absolute atomic E-state index is 12.3. The van der Waals surface area contributed by atoms with Gasteiger partial charge in [-0.2, -0.15) is 0 Å². The molecule has 0 saturated carbocycles. The highest BCUT2D eigenvalue weighted by Crippen LogP contribution is 2.20. The number of nitrogens with two attached hydrogens (primary N) is 1. The third-order valence-corrected chi connectivity index (χ3v) is 4.30. The first-order chi connectivity index (χ1) is 8.87. The van der Waals surface area contributed by atoms with E-state index in [0.29, 0.717) is 18.8 Å². The van der Waals surface area contributed by atoms with Crippen molar-refractivity contribution in [3.63, 3.8) is 0 Å². The number of sulfonamides is 1. The minimum atomic E-state index is -3.72. The Bertz CT molecular complexity index is 566. The molecule has 1 aromatic carbocycles. The summed E-state index contributed by atoms with van der Waals surface area (Å²) in [6, 6.07) is 4.26. The van der Waals surface area contributed by atoms with Crippen LogP contribution in [0, 0.1) is 0 Å². The molecule has 0 saturated heterocycles. The first kappa shape index (κ1) is 15.5. The molecule has 7 heteroatoms. The normalized spacial score (nSPS) is 11.3. The van der Waals surface area contributed by atoms with Crippen molar-refractivity contribution in [3.05, 3.63) is 23.8 Å². The van der Waals surface area contributed by atoms with E-state index in [0.717, 1.165) is 0 Å². The van der Waals surface area contributed by atoms with Gasteiger partial charge in [0.15, 0.2) is 0 Å². The average molecular weight is 285 g/mol. The molecule has 0 atom stereocenters. The van der Waals surface area contributed by atoms with Crippen LogP contribution in [0.25, 0.3) is 0 Å². The van der Waals surface area contributed by atoms with E-state index in [9.17, 15) is 13.2 Å². The number of hydrogen-bond donors (Lipinski definition) is 2. The van der Waals surface area contributed by atoms with Crippen LogP contribution in [0.3, 0.4) is 0 Å². The van der Waals surface area contributed by atoms with Crippen LogP contribution in [-0.4, -0.2) is 39.4 Å². The van der Waals surface area contributed by atoms with Crippen molar-refractivity contribution >= 4 is 21.6 Å². The molecule has 0 aromatic heterocycles. The Morgan fingerprint density at radius 1 is 1.32 bits per heavy atom. The summed E-state index contributed by atoms with van der Waals surface area (Å²) in [5.41, 5.74) is 6.03. The van der Waals surface area contributed by atoms with Crippen molar-refractivity contribution in [2.24, 2.45) is 0 Å². The molecular weight excluding hydrogens is 266 g/mol. The Balaban J connectivity index is 3.41. The molecular formula is C12H19N3O3S. The quantitative estimate of drug-likeness (QED) is 0.777. The standard InChI is InChI=1S/C12H19N3O3S/c1-4-15(5-2)12(16)10-7-6-9(13)8-11(10)19(17,18)14-3/h6-8,14H,4-5,13H2,1-3H3. The number of nitrogens with zero attached hydrogens (tertiary/aromatic N) is 1. The molecule has 19 heavy (non-hydrogen) atoms. The Hall–Kier alpha value is -1.60. The van der Waals surface area contributed by atoms with Crippen LogP contribution in [0.1, 0.15) is 24.2 Å². The van der Waals surface area contributed by atoms with Crippen LogP contribution < -0.4 is 10.5 Å². The monoisotopic (exact) mass is 285 g/mol. The van der Waals surface area contributed by atoms with Gasteiger partial charge in [0.05, 0.1) is 10.5 Å². The molecule has 106 valence electrons. The minimum Gasteiger partial charge on any atom is -0.399 e. The molecule has 6 nitrogen and oxygen atoms in total. The van der Waals surface area contributed by atoms with Crippen molar-refractivity contribution in [2.45, 2.75) is 18.7 Å². The van der Waals surface area contributed by atoms with Crippen LogP contribution in [-0.2, 0) is 10.0 Å². The summed E-state index contributed by atoms with van der Waals surface area (Å²) in [6.45, 7) is 4.70. The summed E-state index contributed by atoms with van der Waals surface area (Å²) in [7, 11) is -2.43. The molecule has 1 aromatic rings. The van der Waals surface area contributed by atoms with Crippen molar-refractivity contribution in [2.75, 3.05) is 25.9 Å². The molecule has 0 aliphatic heterocycles. The fourth-order valence-corrected chi connectivity index (χ4v) is 2.69. The Morgan fingerprint density at radius 3 is 2.37 bits per heavy atom. The number of benzene rings is 1. The highest BCUT2D eigenvalue weighted by molar-refractivity contribution is 7.89. The highest BCUT2D eigenvalue weighted by Gasteiger charge is 2.23. The van der Waals surface area contributed by atoms with Gasteiger partial charge < -0.3 is 10.6 Å². The number of nitrogen functional groups attached to an aromatic ring is 1. The van der Waals surface area contributed by atoms with Gasteiger partial charge in [0.2, 0.25) is 10.0 Å². The SMILES string of the molecule is CCN(CC)C(=O)c1ccc(N)cc1S(=O)(=O)NC. The number of carbonyl (C=O) groups is 1. The zero-order valence-electron chi connectivity index (χ0n) is 11.3. The molecule has 0 bridgehead atoms. The first-order valence-corrected chi connectivity index (χ1v) is 7.48. The average Bonchev–Trinajstić information content (AvgIpc) is 2.39. The van der Waals surface area contributed by atoms with E-state index in [-0.39, 0.29) is 16.4 Å². The Kier molecular flexibility index (Phi) is 4.90. The molecule has 0 spiro atoms. The number of amides is 1. The maximum Gasteiger partial charge on any atom is 0.255 e. The lowest BCUT2D eigenvalue weighted by molar-refractivity contribution is 0.0769. The lowest BCUT2D eigenvalue weighted by Crippen LogP contribution is -2.32. The lowest BCUT2D eigenvalue weighted by atomic mass is 10.2. The minimum absolute atomic E-state index is 0.0908.